The van der Waals surface area contributed by atoms with E-state index in [1.165, 1.54) is 0 Å². The monoisotopic (exact) mass is 625 g/mol. The van der Waals surface area contributed by atoms with Crippen molar-refractivity contribution in [2.24, 2.45) is 4.99 Å². The zero-order chi connectivity index (χ0) is 32.8. The van der Waals surface area contributed by atoms with Crippen molar-refractivity contribution in [3.8, 4) is 0 Å². The molecule has 0 radical (unpaired) electrons. The van der Waals surface area contributed by atoms with Gasteiger partial charge < -0.3 is 15.5 Å². The van der Waals surface area contributed by atoms with Crippen LogP contribution in [0.25, 0.3) is 0 Å². The molecule has 0 aliphatic rings. The smallest absolute Gasteiger partial charge is 0.329 e. The van der Waals surface area contributed by atoms with Gasteiger partial charge in [0.15, 0.2) is 6.04 Å². The number of aliphatic carboxylic acids is 1. The predicted molar refractivity (Wildman–Crippen MR) is 186 cm³/mol. The van der Waals surface area contributed by atoms with Gasteiger partial charge in [0.2, 0.25) is 5.91 Å². The van der Waals surface area contributed by atoms with Gasteiger partial charge in [0.1, 0.15) is 0 Å². The van der Waals surface area contributed by atoms with Gasteiger partial charge in [-0.25, -0.2) is 4.79 Å². The molecule has 0 saturated heterocycles. The average molecular weight is 626 g/mol. The van der Waals surface area contributed by atoms with E-state index in [2.05, 4.69) is 10.2 Å². The summed E-state index contributed by atoms with van der Waals surface area (Å²) in [6, 6.07) is 44.9. The van der Waals surface area contributed by atoms with Crippen molar-refractivity contribution in [1.29, 1.82) is 0 Å². The summed E-state index contributed by atoms with van der Waals surface area (Å²) in [6.45, 7) is 1.13. The molecular formula is C40H39N3O4. The molecule has 0 spiro atoms. The highest BCUT2D eigenvalue weighted by atomic mass is 16.4. The lowest BCUT2D eigenvalue weighted by Gasteiger charge is -2.24. The van der Waals surface area contributed by atoms with Crippen LogP contribution in [0.2, 0.25) is 0 Å². The number of aliphatic hydroxyl groups is 1. The van der Waals surface area contributed by atoms with Crippen molar-refractivity contribution in [2.75, 3.05) is 18.5 Å². The minimum atomic E-state index is -1.18. The zero-order valence-electron chi connectivity index (χ0n) is 26.2. The maximum absolute atomic E-state index is 13.7. The molecule has 0 aliphatic heterocycles. The molecule has 7 nitrogen and oxygen atoms in total. The van der Waals surface area contributed by atoms with Crippen LogP contribution in [0.1, 0.15) is 40.2 Å². The molecule has 47 heavy (non-hydrogen) atoms. The Morgan fingerprint density at radius 1 is 0.681 bits per heavy atom. The lowest BCUT2D eigenvalue weighted by Crippen LogP contribution is -2.33. The van der Waals surface area contributed by atoms with E-state index >= 15 is 0 Å². The highest BCUT2D eigenvalue weighted by Gasteiger charge is 2.30. The fourth-order valence-electron chi connectivity index (χ4n) is 5.74. The first-order valence-electron chi connectivity index (χ1n) is 15.7. The van der Waals surface area contributed by atoms with Crippen molar-refractivity contribution in [3.05, 3.63) is 173 Å². The van der Waals surface area contributed by atoms with Crippen molar-refractivity contribution < 1.29 is 19.8 Å². The summed E-state index contributed by atoms with van der Waals surface area (Å²) in [6.07, 6.45) is 0.226. The number of amides is 1. The molecular weight excluding hydrogens is 586 g/mol. The highest BCUT2D eigenvalue weighted by molar-refractivity contribution is 6.17. The van der Waals surface area contributed by atoms with Gasteiger partial charge in [-0.15, -0.1) is 0 Å². The molecule has 5 rings (SSSR count). The zero-order valence-corrected chi connectivity index (χ0v) is 26.2. The Balaban J connectivity index is 1.48. The van der Waals surface area contributed by atoms with Crippen LogP contribution < -0.4 is 5.32 Å². The molecule has 0 aromatic heterocycles. The molecule has 2 atom stereocenters. The van der Waals surface area contributed by atoms with Gasteiger partial charge in [0, 0.05) is 36.7 Å². The van der Waals surface area contributed by atoms with E-state index < -0.39 is 17.9 Å². The van der Waals surface area contributed by atoms with Gasteiger partial charge in [-0.3, -0.25) is 14.7 Å². The Hall–Kier alpha value is -5.37. The number of carbonyl (C=O) groups is 2. The van der Waals surface area contributed by atoms with Gasteiger partial charge in [-0.1, -0.05) is 140 Å². The van der Waals surface area contributed by atoms with Gasteiger partial charge in [0.05, 0.1) is 17.9 Å². The van der Waals surface area contributed by atoms with Crippen LogP contribution in [0.15, 0.2) is 151 Å². The molecule has 0 aliphatic carbocycles. The summed E-state index contributed by atoms with van der Waals surface area (Å²) in [7, 11) is 0. The maximum Gasteiger partial charge on any atom is 0.329 e. The summed E-state index contributed by atoms with van der Waals surface area (Å²) >= 11 is 0. The summed E-state index contributed by atoms with van der Waals surface area (Å²) < 4.78 is 0. The molecule has 0 heterocycles. The number of benzene rings is 5. The topological polar surface area (TPSA) is 102 Å². The number of para-hydroxylation sites is 1. The number of aliphatic hydroxyl groups excluding tert-OH is 1. The number of aliphatic imine (C=N–C) groups is 1. The largest absolute Gasteiger partial charge is 0.480 e. The van der Waals surface area contributed by atoms with Crippen LogP contribution in [-0.4, -0.2) is 51.9 Å². The summed E-state index contributed by atoms with van der Waals surface area (Å²) in [4.78, 5) is 33.5. The average Bonchev–Trinajstić information content (AvgIpc) is 3.10. The molecule has 5 aromatic rings. The van der Waals surface area contributed by atoms with Crippen LogP contribution >= 0.6 is 0 Å². The van der Waals surface area contributed by atoms with E-state index in [0.717, 1.165) is 16.7 Å². The Morgan fingerprint density at radius 2 is 1.19 bits per heavy atom. The summed E-state index contributed by atoms with van der Waals surface area (Å²) in [5.41, 5.74) is 5.28. The Kier molecular flexibility index (Phi) is 11.8. The lowest BCUT2D eigenvalue weighted by molar-refractivity contribution is -0.139. The third kappa shape index (κ3) is 9.33. The van der Waals surface area contributed by atoms with Crippen LogP contribution in [-0.2, 0) is 22.7 Å². The number of nitrogens with one attached hydrogen (secondary N) is 1. The number of carbonyl (C=O) groups excluding carboxylic acids is 1. The second-order valence-corrected chi connectivity index (χ2v) is 11.4. The van der Waals surface area contributed by atoms with Gasteiger partial charge in [-0.2, -0.15) is 0 Å². The molecule has 238 valence electrons. The minimum Gasteiger partial charge on any atom is -0.480 e. The normalized spacial score (nSPS) is 12.8. The van der Waals surface area contributed by atoms with Gasteiger partial charge in [0.25, 0.3) is 0 Å². The predicted octanol–water partition coefficient (Wildman–Crippen LogP) is 6.78. The van der Waals surface area contributed by atoms with E-state index in [9.17, 15) is 19.8 Å². The number of carboxylic acids is 1. The molecule has 0 unspecified atom stereocenters. The fourth-order valence-corrected chi connectivity index (χ4v) is 5.74. The maximum atomic E-state index is 13.7. The number of carboxylic acid groups (broad SMARTS) is 1. The number of hydrogen-bond acceptors (Lipinski definition) is 5. The quantitative estimate of drug-likeness (QED) is 0.111. The Morgan fingerprint density at radius 3 is 1.74 bits per heavy atom. The number of nitrogens with zero attached hydrogens (tertiary/aromatic N) is 2. The van der Waals surface area contributed by atoms with E-state index in [4.69, 9.17) is 4.99 Å². The fraction of sp³-hybridized carbons (Fsp3) is 0.175. The van der Waals surface area contributed by atoms with E-state index in [1.54, 1.807) is 0 Å². The van der Waals surface area contributed by atoms with Crippen molar-refractivity contribution in [2.45, 2.75) is 31.5 Å². The summed E-state index contributed by atoms with van der Waals surface area (Å²) in [5, 5.41) is 23.5. The molecule has 0 bridgehead atoms. The molecule has 1 amide bonds. The van der Waals surface area contributed by atoms with Crippen molar-refractivity contribution >= 4 is 23.3 Å². The number of hydrogen-bond donors (Lipinski definition) is 3. The third-order valence-electron chi connectivity index (χ3n) is 7.94. The van der Waals surface area contributed by atoms with E-state index in [-0.39, 0.29) is 25.5 Å². The van der Waals surface area contributed by atoms with Crippen LogP contribution in [0.3, 0.4) is 0 Å². The van der Waals surface area contributed by atoms with Crippen LogP contribution in [0, 0.1) is 0 Å². The molecule has 7 heteroatoms. The van der Waals surface area contributed by atoms with Crippen molar-refractivity contribution in [1.82, 2.24) is 4.90 Å². The van der Waals surface area contributed by atoms with E-state index in [1.807, 2.05) is 146 Å². The first-order valence-corrected chi connectivity index (χ1v) is 15.7. The number of anilines is 1. The van der Waals surface area contributed by atoms with Gasteiger partial charge >= 0.3 is 5.97 Å². The Labute approximate surface area is 275 Å². The Bertz CT molecular complexity index is 1700. The molecule has 0 saturated carbocycles. The van der Waals surface area contributed by atoms with Gasteiger partial charge in [-0.05, 0) is 29.2 Å². The SMILES string of the molecule is O=C(CN(Cc1ccccc1)Cc1ccccc1)Nc1ccccc1C(=N[C@H](C(=O)O)[C@@H](CCO)c1ccccc1)c1ccccc1. The third-order valence-corrected chi connectivity index (χ3v) is 7.94. The highest BCUT2D eigenvalue weighted by Crippen LogP contribution is 2.29. The standard InChI is InChI=1S/C40H39N3O4/c44-26-25-34(32-19-9-3-10-20-32)39(40(46)47)42-38(33-21-11-4-12-22-33)35-23-13-14-24-36(35)41-37(45)29-43(27-30-15-5-1-6-16-30)28-31-17-7-2-8-18-31/h1-24,34,39,44H,25-29H2,(H,41,45)(H,46,47)/t34-,39-/m0/s1. The first-order chi connectivity index (χ1) is 23.0. The summed E-state index contributed by atoms with van der Waals surface area (Å²) in [5.74, 6) is -1.86. The lowest BCUT2D eigenvalue weighted by atomic mass is 9.88. The van der Waals surface area contributed by atoms with E-state index in [0.29, 0.717) is 35.6 Å². The molecule has 3 N–H and O–H groups in total. The number of rotatable bonds is 15. The first kappa shape index (κ1) is 33.0. The van der Waals surface area contributed by atoms with Crippen LogP contribution in [0.5, 0.6) is 0 Å². The second-order valence-electron chi connectivity index (χ2n) is 11.4. The molecule has 0 fully saturated rings. The molecule has 5 aromatic carbocycles. The van der Waals surface area contributed by atoms with Crippen LogP contribution in [0.4, 0.5) is 5.69 Å². The second kappa shape index (κ2) is 16.8. The van der Waals surface area contributed by atoms with Crippen molar-refractivity contribution in [3.63, 3.8) is 0 Å². The minimum absolute atomic E-state index is 0.139.